The maximum atomic E-state index is 12.0. The molecule has 0 aliphatic heterocycles. The fourth-order valence-corrected chi connectivity index (χ4v) is 8.52. The van der Waals surface area contributed by atoms with Crippen molar-refractivity contribution in [3.63, 3.8) is 0 Å². The van der Waals surface area contributed by atoms with Gasteiger partial charge in [0.05, 0.1) is 11.9 Å². The number of fused-ring (bicyclic) bond motifs is 7. The molecule has 0 spiro atoms. The van der Waals surface area contributed by atoms with Crippen molar-refractivity contribution in [2.24, 2.45) is 46.8 Å². The van der Waals surface area contributed by atoms with Crippen LogP contribution in [0.25, 0.3) is 0 Å². The quantitative estimate of drug-likeness (QED) is 0.396. The van der Waals surface area contributed by atoms with Crippen molar-refractivity contribution in [2.75, 3.05) is 0 Å². The van der Waals surface area contributed by atoms with Crippen LogP contribution < -0.4 is 0 Å². The molecule has 4 saturated carbocycles. The molecule has 162 valence electrons. The summed E-state index contributed by atoms with van der Waals surface area (Å²) in [7, 11) is 0. The molecule has 0 amide bonds. The summed E-state index contributed by atoms with van der Waals surface area (Å²) in [6.45, 7) is 6.34. The summed E-state index contributed by atoms with van der Waals surface area (Å²) < 4.78 is 4.66. The molecule has 5 heteroatoms. The van der Waals surface area contributed by atoms with E-state index in [4.69, 9.17) is 5.11 Å². The van der Waals surface area contributed by atoms with Crippen molar-refractivity contribution in [1.29, 1.82) is 0 Å². The number of ether oxygens (including phenoxy) is 1. The van der Waals surface area contributed by atoms with Crippen LogP contribution in [0.15, 0.2) is 36.6 Å². The molecule has 2 N–H and O–H groups in total. The Kier molecular flexibility index (Phi) is 4.55. The van der Waals surface area contributed by atoms with Crippen LogP contribution in [0.5, 0.6) is 0 Å². The van der Waals surface area contributed by atoms with E-state index in [2.05, 4.69) is 24.3 Å². The van der Waals surface area contributed by atoms with Crippen molar-refractivity contribution in [3.05, 3.63) is 36.6 Å². The van der Waals surface area contributed by atoms with E-state index in [-0.39, 0.29) is 17.1 Å². The Balaban J connectivity index is 1.53. The van der Waals surface area contributed by atoms with E-state index in [0.717, 1.165) is 38.5 Å². The molecule has 0 bridgehead atoms. The van der Waals surface area contributed by atoms with Crippen LogP contribution in [0.2, 0.25) is 0 Å². The molecular weight excluding hydrogens is 380 g/mol. The molecule has 4 fully saturated rings. The summed E-state index contributed by atoms with van der Waals surface area (Å²) in [5.41, 5.74) is 0.0753. The molecule has 0 aromatic rings. The zero-order chi connectivity index (χ0) is 21.3. The van der Waals surface area contributed by atoms with Gasteiger partial charge in [0.25, 0.3) is 0 Å². The Morgan fingerprint density at radius 1 is 1.37 bits per heavy atom. The van der Waals surface area contributed by atoms with Gasteiger partial charge in [0.2, 0.25) is 0 Å². The van der Waals surface area contributed by atoms with E-state index >= 15 is 0 Å². The molecule has 5 aliphatic rings. The first-order valence-corrected chi connectivity index (χ1v) is 11.5. The molecule has 0 saturated heterocycles. The summed E-state index contributed by atoms with van der Waals surface area (Å²) in [5, 5.41) is 20.8. The van der Waals surface area contributed by atoms with Crippen molar-refractivity contribution >= 4 is 11.9 Å². The van der Waals surface area contributed by atoms with Crippen LogP contribution in [0.1, 0.15) is 51.9 Å². The SMILES string of the molecule is C=C[C@H]1CC2=CC(=O)CC[C@@H]2[C@H]2CC[C@@]3(CC)[C@@H]([C@H]4C[C@H]4[C@@]3(O)/C=C\OC(=O)O)[C@@H]21. The smallest absolute Gasteiger partial charge is 0.449 e. The average Bonchev–Trinajstić information content (AvgIpc) is 3.48. The lowest BCUT2D eigenvalue weighted by Gasteiger charge is -2.59. The third-order valence-electron chi connectivity index (χ3n) is 9.57. The Morgan fingerprint density at radius 3 is 2.87 bits per heavy atom. The average molecular weight is 413 g/mol. The maximum Gasteiger partial charge on any atom is 0.510 e. The lowest BCUT2D eigenvalue weighted by atomic mass is 9.46. The molecule has 30 heavy (non-hydrogen) atoms. The third-order valence-corrected chi connectivity index (χ3v) is 9.57. The van der Waals surface area contributed by atoms with Gasteiger partial charge in [0, 0.05) is 11.8 Å². The van der Waals surface area contributed by atoms with Crippen LogP contribution in [0.4, 0.5) is 4.79 Å². The van der Waals surface area contributed by atoms with Gasteiger partial charge in [-0.2, -0.15) is 0 Å². The Labute approximate surface area is 177 Å². The predicted molar refractivity (Wildman–Crippen MR) is 111 cm³/mol. The Morgan fingerprint density at radius 2 is 2.17 bits per heavy atom. The van der Waals surface area contributed by atoms with E-state index in [1.54, 1.807) is 6.08 Å². The zero-order valence-corrected chi connectivity index (χ0v) is 17.6. The highest BCUT2D eigenvalue weighted by Crippen LogP contribution is 2.77. The van der Waals surface area contributed by atoms with Gasteiger partial charge in [-0.15, -0.1) is 6.58 Å². The highest BCUT2D eigenvalue weighted by atomic mass is 16.7. The van der Waals surface area contributed by atoms with Gasteiger partial charge in [-0.3, -0.25) is 4.79 Å². The highest BCUT2D eigenvalue weighted by molar-refractivity contribution is 5.91. The number of aliphatic hydroxyl groups is 1. The minimum atomic E-state index is -1.35. The van der Waals surface area contributed by atoms with Crippen LogP contribution in [0, 0.1) is 46.8 Å². The summed E-state index contributed by atoms with van der Waals surface area (Å²) in [4.78, 5) is 22.9. The number of hydrogen-bond acceptors (Lipinski definition) is 4. The van der Waals surface area contributed by atoms with Gasteiger partial charge in [-0.25, -0.2) is 4.79 Å². The van der Waals surface area contributed by atoms with Crippen LogP contribution in [-0.4, -0.2) is 27.8 Å². The fraction of sp³-hybridized carbons (Fsp3) is 0.680. The van der Waals surface area contributed by atoms with E-state index in [1.165, 1.54) is 11.8 Å². The molecular formula is C25H32O5. The molecule has 5 rings (SSSR count). The topological polar surface area (TPSA) is 83.8 Å². The zero-order valence-electron chi connectivity index (χ0n) is 17.6. The summed E-state index contributed by atoms with van der Waals surface area (Å²) in [6.07, 6.45) is 11.9. The maximum absolute atomic E-state index is 12.0. The van der Waals surface area contributed by atoms with Crippen LogP contribution in [0.3, 0.4) is 0 Å². The second-order valence-corrected chi connectivity index (χ2v) is 10.3. The Bertz CT molecular complexity index is 842. The minimum Gasteiger partial charge on any atom is -0.449 e. The summed E-state index contributed by atoms with van der Waals surface area (Å²) in [5.74, 6) is 3.20. The standard InChI is InChI=1S/C25H32O5/c1-3-14-11-15-12-16(26)5-6-17(15)18-7-8-24(4-2)22(21(14)18)19-13-20(19)25(24,29)9-10-30-23(27)28/h3,9-10,12,14,17-22,29H,1,4-8,11,13H2,2H3,(H,27,28)/b10-9-/t14-,17-,18+,19-,20+,21+,22-,24-,25-/m0/s1. The second-order valence-electron chi connectivity index (χ2n) is 10.3. The van der Waals surface area contributed by atoms with Gasteiger partial charge in [0.15, 0.2) is 5.78 Å². The van der Waals surface area contributed by atoms with Gasteiger partial charge in [-0.05, 0) is 92.1 Å². The number of carbonyl (C=O) groups is 2. The van der Waals surface area contributed by atoms with E-state index < -0.39 is 11.8 Å². The molecule has 5 aliphatic carbocycles. The van der Waals surface area contributed by atoms with Crippen molar-refractivity contribution in [2.45, 2.75) is 57.5 Å². The highest BCUT2D eigenvalue weighted by Gasteiger charge is 2.76. The van der Waals surface area contributed by atoms with Crippen LogP contribution in [-0.2, 0) is 9.53 Å². The number of ketones is 1. The number of hydrogen-bond donors (Lipinski definition) is 2. The van der Waals surface area contributed by atoms with Crippen LogP contribution >= 0.6 is 0 Å². The lowest BCUT2D eigenvalue weighted by molar-refractivity contribution is -0.134. The van der Waals surface area contributed by atoms with E-state index in [0.29, 0.717) is 41.9 Å². The van der Waals surface area contributed by atoms with Crippen molar-refractivity contribution < 1.29 is 24.5 Å². The summed E-state index contributed by atoms with van der Waals surface area (Å²) in [6, 6.07) is 0. The van der Waals surface area contributed by atoms with Gasteiger partial charge in [-0.1, -0.05) is 18.6 Å². The van der Waals surface area contributed by atoms with E-state index in [1.807, 2.05) is 6.08 Å². The number of rotatable bonds is 4. The first-order chi connectivity index (χ1) is 14.4. The van der Waals surface area contributed by atoms with Crippen molar-refractivity contribution in [3.8, 4) is 0 Å². The second kappa shape index (κ2) is 6.81. The summed E-state index contributed by atoms with van der Waals surface area (Å²) >= 11 is 0. The first-order valence-electron chi connectivity index (χ1n) is 11.5. The predicted octanol–water partition coefficient (Wildman–Crippen LogP) is 4.73. The fourth-order valence-electron chi connectivity index (χ4n) is 8.52. The largest absolute Gasteiger partial charge is 0.510 e. The molecule has 0 heterocycles. The molecule has 0 aromatic heterocycles. The van der Waals surface area contributed by atoms with E-state index in [9.17, 15) is 14.7 Å². The number of allylic oxidation sites excluding steroid dienone is 2. The molecule has 0 unspecified atom stereocenters. The van der Waals surface area contributed by atoms with Gasteiger partial charge in [0.1, 0.15) is 0 Å². The molecule has 9 atom stereocenters. The number of carboxylic acid groups (broad SMARTS) is 1. The third kappa shape index (κ3) is 2.57. The molecule has 5 nitrogen and oxygen atoms in total. The minimum absolute atomic E-state index is 0.185. The Hall–Kier alpha value is -1.88. The van der Waals surface area contributed by atoms with Gasteiger partial charge >= 0.3 is 6.16 Å². The van der Waals surface area contributed by atoms with Crippen molar-refractivity contribution in [1.82, 2.24) is 0 Å². The van der Waals surface area contributed by atoms with Gasteiger partial charge < -0.3 is 14.9 Å². The normalized spacial score (nSPS) is 48.8. The molecule has 0 radical (unpaired) electrons. The number of carbonyl (C=O) groups excluding carboxylic acids is 1. The molecule has 0 aromatic carbocycles. The lowest BCUT2D eigenvalue weighted by Crippen LogP contribution is -2.57. The monoisotopic (exact) mass is 412 g/mol. The first kappa shape index (κ1) is 20.0.